The van der Waals surface area contributed by atoms with Crippen LogP contribution in [0.25, 0.3) is 0 Å². The highest BCUT2D eigenvalue weighted by atomic mass is 35.5. The van der Waals surface area contributed by atoms with Crippen molar-refractivity contribution in [2.24, 2.45) is 0 Å². The molecular formula is C16H18ClNO2S. The zero-order valence-corrected chi connectivity index (χ0v) is 13.6. The summed E-state index contributed by atoms with van der Waals surface area (Å²) in [5.41, 5.74) is 2.76. The molecule has 0 aliphatic heterocycles. The van der Waals surface area contributed by atoms with Gasteiger partial charge in [-0.3, -0.25) is 0 Å². The van der Waals surface area contributed by atoms with E-state index in [9.17, 15) is 8.42 Å². The van der Waals surface area contributed by atoms with Crippen LogP contribution in [-0.2, 0) is 15.8 Å². The first kappa shape index (κ1) is 16.0. The minimum absolute atomic E-state index is 0.0796. The highest BCUT2D eigenvalue weighted by Gasteiger charge is 2.16. The Morgan fingerprint density at radius 2 is 1.81 bits per heavy atom. The van der Waals surface area contributed by atoms with Crippen molar-refractivity contribution in [1.82, 2.24) is 4.72 Å². The van der Waals surface area contributed by atoms with Crippen LogP contribution >= 0.6 is 11.6 Å². The molecule has 0 saturated heterocycles. The van der Waals surface area contributed by atoms with E-state index in [2.05, 4.69) is 4.72 Å². The molecule has 1 atom stereocenters. The molecule has 1 N–H and O–H groups in total. The molecule has 0 bridgehead atoms. The lowest BCUT2D eigenvalue weighted by molar-refractivity contribution is 0.566. The maximum Gasteiger partial charge on any atom is 0.216 e. The molecule has 2 rings (SSSR count). The molecular weight excluding hydrogens is 306 g/mol. The molecule has 112 valence electrons. The van der Waals surface area contributed by atoms with Gasteiger partial charge in [-0.05, 0) is 37.1 Å². The molecule has 2 aromatic carbocycles. The van der Waals surface area contributed by atoms with E-state index < -0.39 is 10.0 Å². The van der Waals surface area contributed by atoms with Crippen LogP contribution in [0.15, 0.2) is 48.5 Å². The molecule has 5 heteroatoms. The molecule has 21 heavy (non-hydrogen) atoms. The summed E-state index contributed by atoms with van der Waals surface area (Å²) in [4.78, 5) is 0. The molecule has 0 heterocycles. The maximum absolute atomic E-state index is 12.2. The minimum Gasteiger partial charge on any atom is -0.212 e. The SMILES string of the molecule is Cc1ccc([C@@H](C)NS(=O)(=O)Cc2cccc(Cl)c2)cc1. The van der Waals surface area contributed by atoms with Gasteiger partial charge in [-0.15, -0.1) is 0 Å². The van der Waals surface area contributed by atoms with Gasteiger partial charge in [0.1, 0.15) is 0 Å². The zero-order chi connectivity index (χ0) is 15.5. The molecule has 0 unspecified atom stereocenters. The lowest BCUT2D eigenvalue weighted by atomic mass is 10.1. The predicted molar refractivity (Wildman–Crippen MR) is 86.8 cm³/mol. The van der Waals surface area contributed by atoms with Crippen molar-refractivity contribution in [3.05, 3.63) is 70.2 Å². The van der Waals surface area contributed by atoms with Crippen molar-refractivity contribution in [2.75, 3.05) is 0 Å². The smallest absolute Gasteiger partial charge is 0.212 e. The van der Waals surface area contributed by atoms with E-state index in [0.717, 1.165) is 11.1 Å². The molecule has 0 amide bonds. The average molecular weight is 324 g/mol. The van der Waals surface area contributed by atoms with Crippen LogP contribution in [0.3, 0.4) is 0 Å². The summed E-state index contributed by atoms with van der Waals surface area (Å²) in [6, 6.07) is 14.4. The van der Waals surface area contributed by atoms with Crippen molar-refractivity contribution in [3.63, 3.8) is 0 Å². The fourth-order valence-corrected chi connectivity index (χ4v) is 3.67. The number of nitrogens with one attached hydrogen (secondary N) is 1. The second-order valence-electron chi connectivity index (χ2n) is 5.14. The van der Waals surface area contributed by atoms with Crippen LogP contribution in [0.5, 0.6) is 0 Å². The maximum atomic E-state index is 12.2. The van der Waals surface area contributed by atoms with Gasteiger partial charge in [-0.1, -0.05) is 53.6 Å². The van der Waals surface area contributed by atoms with Crippen LogP contribution in [0, 0.1) is 6.92 Å². The molecule has 0 aliphatic carbocycles. The number of hydrogen-bond donors (Lipinski definition) is 1. The molecule has 0 spiro atoms. The van der Waals surface area contributed by atoms with E-state index >= 15 is 0 Å². The van der Waals surface area contributed by atoms with Crippen LogP contribution < -0.4 is 4.72 Å². The van der Waals surface area contributed by atoms with Crippen molar-refractivity contribution >= 4 is 21.6 Å². The second kappa shape index (κ2) is 6.60. The van der Waals surface area contributed by atoms with Gasteiger partial charge >= 0.3 is 0 Å². The number of aryl methyl sites for hydroxylation is 1. The standard InChI is InChI=1S/C16H18ClNO2S/c1-12-6-8-15(9-7-12)13(2)18-21(19,20)11-14-4-3-5-16(17)10-14/h3-10,13,18H,11H2,1-2H3/t13-/m1/s1. The van der Waals surface area contributed by atoms with Gasteiger partial charge in [-0.25, -0.2) is 13.1 Å². The summed E-state index contributed by atoms with van der Waals surface area (Å²) < 4.78 is 27.1. The van der Waals surface area contributed by atoms with Gasteiger partial charge in [0.2, 0.25) is 10.0 Å². The van der Waals surface area contributed by atoms with Gasteiger partial charge < -0.3 is 0 Å². The van der Waals surface area contributed by atoms with Crippen LogP contribution in [-0.4, -0.2) is 8.42 Å². The summed E-state index contributed by atoms with van der Waals surface area (Å²) in [6.07, 6.45) is 0. The van der Waals surface area contributed by atoms with Crippen molar-refractivity contribution < 1.29 is 8.42 Å². The first-order valence-electron chi connectivity index (χ1n) is 6.67. The third-order valence-corrected chi connectivity index (χ3v) is 4.84. The average Bonchev–Trinajstić information content (AvgIpc) is 2.38. The monoisotopic (exact) mass is 323 g/mol. The summed E-state index contributed by atoms with van der Waals surface area (Å²) in [6.45, 7) is 3.83. The second-order valence-corrected chi connectivity index (χ2v) is 7.33. The summed E-state index contributed by atoms with van der Waals surface area (Å²) in [7, 11) is -3.42. The molecule has 0 fully saturated rings. The Labute approximate surface area is 131 Å². The predicted octanol–water partition coefficient (Wildman–Crippen LogP) is 3.83. The number of sulfonamides is 1. The van der Waals surface area contributed by atoms with Crippen molar-refractivity contribution in [1.29, 1.82) is 0 Å². The zero-order valence-electron chi connectivity index (χ0n) is 12.0. The Morgan fingerprint density at radius 3 is 2.43 bits per heavy atom. The van der Waals surface area contributed by atoms with Gasteiger partial charge in [-0.2, -0.15) is 0 Å². The molecule has 2 aromatic rings. The van der Waals surface area contributed by atoms with Gasteiger partial charge in [0, 0.05) is 11.1 Å². The molecule has 0 aliphatic rings. The largest absolute Gasteiger partial charge is 0.216 e. The molecule has 0 saturated carbocycles. The highest BCUT2D eigenvalue weighted by Crippen LogP contribution is 2.17. The number of rotatable bonds is 5. The summed E-state index contributed by atoms with van der Waals surface area (Å²) >= 11 is 5.87. The van der Waals surface area contributed by atoms with E-state index in [1.54, 1.807) is 24.3 Å². The van der Waals surface area contributed by atoms with Crippen LogP contribution in [0.2, 0.25) is 5.02 Å². The third kappa shape index (κ3) is 4.84. The number of benzene rings is 2. The number of hydrogen-bond acceptors (Lipinski definition) is 2. The molecule has 3 nitrogen and oxygen atoms in total. The Morgan fingerprint density at radius 1 is 1.14 bits per heavy atom. The lowest BCUT2D eigenvalue weighted by Gasteiger charge is -2.15. The van der Waals surface area contributed by atoms with Crippen LogP contribution in [0.4, 0.5) is 0 Å². The lowest BCUT2D eigenvalue weighted by Crippen LogP contribution is -2.28. The van der Waals surface area contributed by atoms with E-state index in [1.807, 2.05) is 38.1 Å². The Bertz CT molecular complexity index is 711. The summed E-state index contributed by atoms with van der Waals surface area (Å²) in [5, 5.41) is 0.536. The molecule has 0 aromatic heterocycles. The highest BCUT2D eigenvalue weighted by molar-refractivity contribution is 7.88. The van der Waals surface area contributed by atoms with Crippen molar-refractivity contribution in [2.45, 2.75) is 25.6 Å². The van der Waals surface area contributed by atoms with Crippen molar-refractivity contribution in [3.8, 4) is 0 Å². The first-order chi connectivity index (χ1) is 9.85. The van der Waals surface area contributed by atoms with E-state index in [4.69, 9.17) is 11.6 Å². The number of halogens is 1. The van der Waals surface area contributed by atoms with Gasteiger partial charge in [0.25, 0.3) is 0 Å². The Balaban J connectivity index is 2.08. The van der Waals surface area contributed by atoms with E-state index in [1.165, 1.54) is 0 Å². The Kier molecular flexibility index (Phi) is 5.04. The van der Waals surface area contributed by atoms with E-state index in [-0.39, 0.29) is 11.8 Å². The Hall–Kier alpha value is -1.36. The normalized spacial score (nSPS) is 13.1. The quantitative estimate of drug-likeness (QED) is 0.909. The van der Waals surface area contributed by atoms with E-state index in [0.29, 0.717) is 10.6 Å². The first-order valence-corrected chi connectivity index (χ1v) is 8.70. The molecule has 0 radical (unpaired) electrons. The van der Waals surface area contributed by atoms with Gasteiger partial charge in [0.05, 0.1) is 5.75 Å². The third-order valence-electron chi connectivity index (χ3n) is 3.18. The van der Waals surface area contributed by atoms with Gasteiger partial charge in [0.15, 0.2) is 0 Å². The minimum atomic E-state index is -3.42. The fraction of sp³-hybridized carbons (Fsp3) is 0.250. The summed E-state index contributed by atoms with van der Waals surface area (Å²) in [5.74, 6) is -0.0796. The topological polar surface area (TPSA) is 46.2 Å². The van der Waals surface area contributed by atoms with Crippen LogP contribution in [0.1, 0.15) is 29.7 Å². The fourth-order valence-electron chi connectivity index (χ4n) is 2.08.